The van der Waals surface area contributed by atoms with Crippen LogP contribution in [0.1, 0.15) is 12.0 Å². The summed E-state index contributed by atoms with van der Waals surface area (Å²) in [6, 6.07) is 15.5. The molecule has 0 bridgehead atoms. The highest BCUT2D eigenvalue weighted by atomic mass is 35.5. The number of likely N-dealkylation sites (tertiary alicyclic amines) is 1. The van der Waals surface area contributed by atoms with Crippen molar-refractivity contribution in [3.05, 3.63) is 65.2 Å². The molecule has 10 heteroatoms. The van der Waals surface area contributed by atoms with E-state index in [0.717, 1.165) is 22.2 Å². The van der Waals surface area contributed by atoms with Crippen molar-refractivity contribution >= 4 is 34.2 Å². The Morgan fingerprint density at radius 1 is 0.903 bits per heavy atom. The number of amidine groups is 1. The van der Waals surface area contributed by atoms with Gasteiger partial charge in [-0.05, 0) is 24.1 Å². The molecule has 2 atom stereocenters. The Bertz CT molecular complexity index is 879. The molecule has 0 aliphatic carbocycles. The summed E-state index contributed by atoms with van der Waals surface area (Å²) in [4.78, 5) is 5.46. The zero-order chi connectivity index (χ0) is 22.6. The van der Waals surface area contributed by atoms with Gasteiger partial charge in [0.15, 0.2) is 5.17 Å². The summed E-state index contributed by atoms with van der Waals surface area (Å²) in [6.07, 6.45) is -10.4. The van der Waals surface area contributed by atoms with Gasteiger partial charge in [0, 0.05) is 18.8 Å². The third kappa shape index (κ3) is 6.55. The van der Waals surface area contributed by atoms with Crippen LogP contribution in [-0.2, 0) is 5.75 Å². The van der Waals surface area contributed by atoms with Crippen LogP contribution in [-0.4, -0.2) is 35.5 Å². The molecule has 0 amide bonds. The highest BCUT2D eigenvalue weighted by molar-refractivity contribution is 8.13. The fraction of sp³-hybridized carbons (Fsp3) is 0.381. The van der Waals surface area contributed by atoms with E-state index < -0.39 is 43.7 Å². The first-order chi connectivity index (χ1) is 14.5. The van der Waals surface area contributed by atoms with Gasteiger partial charge < -0.3 is 4.90 Å². The normalized spacial score (nSPS) is 20.7. The Labute approximate surface area is 185 Å². The molecule has 168 valence electrons. The SMILES string of the molecule is FC(F)(F)[C@@H]1C[C@H](C(F)(F)F)CN(C(=Nc2ccccc2Cl)SCc2ccccc2)C1. The Morgan fingerprint density at radius 2 is 1.45 bits per heavy atom. The second-order valence-electron chi connectivity index (χ2n) is 7.24. The molecule has 0 spiro atoms. The molecule has 0 N–H and O–H groups in total. The third-order valence-electron chi connectivity index (χ3n) is 4.93. The van der Waals surface area contributed by atoms with Crippen LogP contribution in [0.2, 0.25) is 5.02 Å². The number of rotatable bonds is 3. The Balaban J connectivity index is 1.94. The quantitative estimate of drug-likeness (QED) is 0.260. The Hall–Kier alpha value is -1.87. The molecular formula is C21H19ClF6N2S. The van der Waals surface area contributed by atoms with E-state index in [0.29, 0.717) is 5.75 Å². The highest BCUT2D eigenvalue weighted by Crippen LogP contribution is 2.42. The summed E-state index contributed by atoms with van der Waals surface area (Å²) in [6.45, 7) is -1.16. The molecule has 0 unspecified atom stereocenters. The molecule has 0 radical (unpaired) electrons. The lowest BCUT2D eigenvalue weighted by atomic mass is 9.88. The molecule has 0 aromatic heterocycles. The topological polar surface area (TPSA) is 15.6 Å². The van der Waals surface area contributed by atoms with Crippen molar-refractivity contribution in [2.24, 2.45) is 16.8 Å². The number of nitrogens with zero attached hydrogens (tertiary/aromatic N) is 2. The molecule has 1 aliphatic heterocycles. The van der Waals surface area contributed by atoms with Gasteiger partial charge in [-0.25, -0.2) is 4.99 Å². The summed E-state index contributed by atoms with van der Waals surface area (Å²) >= 11 is 7.22. The van der Waals surface area contributed by atoms with Crippen molar-refractivity contribution in [1.29, 1.82) is 0 Å². The first-order valence-electron chi connectivity index (χ1n) is 9.42. The Morgan fingerprint density at radius 3 is 2.00 bits per heavy atom. The molecular weight excluding hydrogens is 462 g/mol. The molecule has 1 heterocycles. The van der Waals surface area contributed by atoms with Crippen LogP contribution in [0.5, 0.6) is 0 Å². The zero-order valence-corrected chi connectivity index (χ0v) is 17.7. The number of aliphatic imine (C=N–C) groups is 1. The van der Waals surface area contributed by atoms with Crippen molar-refractivity contribution < 1.29 is 26.3 Å². The summed E-state index contributed by atoms with van der Waals surface area (Å²) in [5.41, 5.74) is 1.16. The second-order valence-corrected chi connectivity index (χ2v) is 8.59. The predicted molar refractivity (Wildman–Crippen MR) is 112 cm³/mol. The van der Waals surface area contributed by atoms with Gasteiger partial charge in [0.2, 0.25) is 0 Å². The van der Waals surface area contributed by atoms with E-state index in [-0.39, 0.29) is 15.9 Å². The summed E-state index contributed by atoms with van der Waals surface area (Å²) < 4.78 is 80.5. The lowest BCUT2D eigenvalue weighted by Gasteiger charge is -2.40. The van der Waals surface area contributed by atoms with Crippen LogP contribution in [0, 0.1) is 11.8 Å². The van der Waals surface area contributed by atoms with E-state index in [9.17, 15) is 26.3 Å². The van der Waals surface area contributed by atoms with Crippen molar-refractivity contribution in [3.8, 4) is 0 Å². The lowest BCUT2D eigenvalue weighted by Crippen LogP contribution is -2.51. The van der Waals surface area contributed by atoms with Gasteiger partial charge >= 0.3 is 12.4 Å². The van der Waals surface area contributed by atoms with Crippen molar-refractivity contribution in [2.75, 3.05) is 13.1 Å². The summed E-state index contributed by atoms with van der Waals surface area (Å²) in [7, 11) is 0. The van der Waals surface area contributed by atoms with Gasteiger partial charge in [0.1, 0.15) is 0 Å². The molecule has 0 saturated carbocycles. The van der Waals surface area contributed by atoms with Gasteiger partial charge in [-0.15, -0.1) is 0 Å². The summed E-state index contributed by atoms with van der Waals surface area (Å²) in [5, 5.41) is 0.345. The van der Waals surface area contributed by atoms with E-state index in [2.05, 4.69) is 4.99 Å². The predicted octanol–water partition coefficient (Wildman–Crippen LogP) is 7.32. The maximum atomic E-state index is 13.4. The first kappa shape index (κ1) is 23.8. The van der Waals surface area contributed by atoms with Crippen LogP contribution >= 0.6 is 23.4 Å². The summed E-state index contributed by atoms with van der Waals surface area (Å²) in [5.74, 6) is -3.85. The number of thioether (sulfide) groups is 1. The maximum absolute atomic E-state index is 13.4. The number of halogens is 7. The van der Waals surface area contributed by atoms with Crippen molar-refractivity contribution in [3.63, 3.8) is 0 Å². The van der Waals surface area contributed by atoms with Gasteiger partial charge in [0.05, 0.1) is 22.5 Å². The van der Waals surface area contributed by atoms with Crippen LogP contribution in [0.15, 0.2) is 59.6 Å². The number of hydrogen-bond acceptors (Lipinski definition) is 2. The van der Waals surface area contributed by atoms with Crippen molar-refractivity contribution in [2.45, 2.75) is 24.5 Å². The maximum Gasteiger partial charge on any atom is 0.393 e. The highest BCUT2D eigenvalue weighted by Gasteiger charge is 2.52. The number of piperidine rings is 1. The Kier molecular flexibility index (Phi) is 7.47. The van der Waals surface area contributed by atoms with E-state index in [1.54, 1.807) is 36.4 Å². The van der Waals surface area contributed by atoms with Crippen LogP contribution < -0.4 is 0 Å². The van der Waals surface area contributed by atoms with Gasteiger partial charge in [0.25, 0.3) is 0 Å². The smallest absolute Gasteiger partial charge is 0.350 e. The monoisotopic (exact) mass is 480 g/mol. The lowest BCUT2D eigenvalue weighted by molar-refractivity contribution is -0.225. The molecule has 2 aromatic carbocycles. The molecule has 31 heavy (non-hydrogen) atoms. The largest absolute Gasteiger partial charge is 0.393 e. The molecule has 1 aliphatic rings. The minimum absolute atomic E-state index is 0.0835. The minimum Gasteiger partial charge on any atom is -0.350 e. The van der Waals surface area contributed by atoms with Gasteiger partial charge in [-0.2, -0.15) is 26.3 Å². The number of para-hydroxylation sites is 1. The van der Waals surface area contributed by atoms with Crippen molar-refractivity contribution in [1.82, 2.24) is 4.90 Å². The molecule has 1 saturated heterocycles. The number of hydrogen-bond donors (Lipinski definition) is 0. The zero-order valence-electron chi connectivity index (χ0n) is 16.1. The van der Waals surface area contributed by atoms with E-state index in [1.807, 2.05) is 18.2 Å². The second kappa shape index (κ2) is 9.73. The average molecular weight is 481 g/mol. The van der Waals surface area contributed by atoms with E-state index >= 15 is 0 Å². The van der Waals surface area contributed by atoms with E-state index in [4.69, 9.17) is 11.6 Å². The van der Waals surface area contributed by atoms with Gasteiger partial charge in [-0.1, -0.05) is 65.8 Å². The molecule has 1 fully saturated rings. The molecule has 2 nitrogen and oxygen atoms in total. The van der Waals surface area contributed by atoms with Crippen LogP contribution in [0.4, 0.5) is 32.0 Å². The molecule has 3 rings (SSSR count). The third-order valence-corrected chi connectivity index (χ3v) is 6.33. The number of benzene rings is 2. The van der Waals surface area contributed by atoms with Crippen LogP contribution in [0.25, 0.3) is 0 Å². The standard InChI is InChI=1S/C21H19ClF6N2S/c22-17-8-4-5-9-18(17)29-19(31-13-14-6-2-1-3-7-14)30-11-15(20(23,24)25)10-16(12-30)21(26,27)28/h1-9,15-16H,10-13H2/t15-,16+. The minimum atomic E-state index is -4.73. The average Bonchev–Trinajstić information content (AvgIpc) is 2.71. The first-order valence-corrected chi connectivity index (χ1v) is 10.8. The number of alkyl halides is 6. The fourth-order valence-corrected chi connectivity index (χ4v) is 4.45. The fourth-order valence-electron chi connectivity index (χ4n) is 3.29. The molecule has 2 aromatic rings. The van der Waals surface area contributed by atoms with Gasteiger partial charge in [-0.3, -0.25) is 0 Å². The van der Waals surface area contributed by atoms with Crippen LogP contribution in [0.3, 0.4) is 0 Å². The van der Waals surface area contributed by atoms with E-state index in [1.165, 1.54) is 0 Å².